The summed E-state index contributed by atoms with van der Waals surface area (Å²) in [4.78, 5) is 0. The molecular formula is C16H23BrN2O2. The van der Waals surface area contributed by atoms with Crippen LogP contribution in [0.5, 0.6) is 11.5 Å². The van der Waals surface area contributed by atoms with Crippen LogP contribution in [-0.4, -0.2) is 37.5 Å². The van der Waals surface area contributed by atoms with Crippen LogP contribution in [0.3, 0.4) is 0 Å². The maximum atomic E-state index is 5.34. The fraction of sp³-hybridized carbons (Fsp3) is 0.562. The zero-order chi connectivity index (χ0) is 15.4. The first-order valence-electron chi connectivity index (χ1n) is 7.30. The minimum atomic E-state index is 0.490. The van der Waals surface area contributed by atoms with E-state index in [0.29, 0.717) is 23.6 Å². The molecule has 0 amide bonds. The molecule has 21 heavy (non-hydrogen) atoms. The highest BCUT2D eigenvalue weighted by atomic mass is 79.9. The lowest BCUT2D eigenvalue weighted by Gasteiger charge is -2.36. The topological polar surface area (TPSA) is 34.1 Å². The predicted octanol–water partition coefficient (Wildman–Crippen LogP) is 4.06. The van der Waals surface area contributed by atoms with Crippen LogP contribution in [0.2, 0.25) is 0 Å². The van der Waals surface area contributed by atoms with E-state index in [2.05, 4.69) is 39.9 Å². The number of rotatable bonds is 4. The fourth-order valence-corrected chi connectivity index (χ4v) is 3.16. The molecule has 1 fully saturated rings. The van der Waals surface area contributed by atoms with Gasteiger partial charge >= 0.3 is 0 Å². The van der Waals surface area contributed by atoms with Gasteiger partial charge in [-0.2, -0.15) is 5.10 Å². The summed E-state index contributed by atoms with van der Waals surface area (Å²) in [5.74, 6) is 1.42. The molecular weight excluding hydrogens is 332 g/mol. The van der Waals surface area contributed by atoms with Crippen molar-refractivity contribution in [1.82, 2.24) is 5.01 Å². The number of nitrogens with zero attached hydrogens (tertiary/aromatic N) is 2. The Morgan fingerprint density at radius 2 is 1.71 bits per heavy atom. The Labute approximate surface area is 135 Å². The molecule has 116 valence electrons. The smallest absolute Gasteiger partial charge is 0.161 e. The van der Waals surface area contributed by atoms with Gasteiger partial charge in [0.05, 0.1) is 20.4 Å². The Balaban J connectivity index is 2.24. The summed E-state index contributed by atoms with van der Waals surface area (Å²) >= 11 is 3.56. The zero-order valence-electron chi connectivity index (χ0n) is 13.1. The summed E-state index contributed by atoms with van der Waals surface area (Å²) in [6.07, 6.45) is 5.59. The molecule has 1 saturated heterocycles. The molecule has 1 heterocycles. The van der Waals surface area contributed by atoms with Crippen LogP contribution in [0.4, 0.5) is 0 Å². The molecule has 1 aromatic rings. The van der Waals surface area contributed by atoms with Gasteiger partial charge in [0.15, 0.2) is 11.5 Å². The van der Waals surface area contributed by atoms with E-state index in [9.17, 15) is 0 Å². The number of halogens is 1. The number of hydrazone groups is 1. The number of methoxy groups -OCH3 is 2. The third kappa shape index (κ3) is 3.70. The van der Waals surface area contributed by atoms with Crippen LogP contribution in [0.25, 0.3) is 0 Å². The van der Waals surface area contributed by atoms with Crippen LogP contribution >= 0.6 is 15.9 Å². The van der Waals surface area contributed by atoms with Crippen molar-refractivity contribution in [2.24, 2.45) is 5.10 Å². The van der Waals surface area contributed by atoms with Crippen LogP contribution in [0.15, 0.2) is 21.7 Å². The molecule has 4 nitrogen and oxygen atoms in total. The van der Waals surface area contributed by atoms with E-state index < -0.39 is 0 Å². The van der Waals surface area contributed by atoms with Crippen LogP contribution in [0.1, 0.15) is 38.7 Å². The first kappa shape index (κ1) is 16.1. The largest absolute Gasteiger partial charge is 0.493 e. The summed E-state index contributed by atoms with van der Waals surface area (Å²) in [7, 11) is 3.27. The van der Waals surface area contributed by atoms with Crippen LogP contribution < -0.4 is 9.47 Å². The van der Waals surface area contributed by atoms with Crippen molar-refractivity contribution in [3.05, 3.63) is 22.2 Å². The Morgan fingerprint density at radius 1 is 1.14 bits per heavy atom. The summed E-state index contributed by atoms with van der Waals surface area (Å²) in [6, 6.07) is 4.82. The van der Waals surface area contributed by atoms with Crippen LogP contribution in [-0.2, 0) is 0 Å². The van der Waals surface area contributed by atoms with E-state index in [1.54, 1.807) is 14.2 Å². The predicted molar refractivity (Wildman–Crippen MR) is 89.5 cm³/mol. The second-order valence-corrected chi connectivity index (χ2v) is 6.34. The molecule has 2 rings (SSSR count). The third-order valence-electron chi connectivity index (χ3n) is 3.98. The van der Waals surface area contributed by atoms with Crippen LogP contribution in [0, 0.1) is 0 Å². The minimum absolute atomic E-state index is 0.490. The third-order valence-corrected chi connectivity index (χ3v) is 4.67. The molecule has 1 aromatic carbocycles. The van der Waals surface area contributed by atoms with Gasteiger partial charge < -0.3 is 9.47 Å². The molecule has 0 aliphatic carbocycles. The molecule has 0 N–H and O–H groups in total. The van der Waals surface area contributed by atoms with Gasteiger partial charge in [-0.25, -0.2) is 0 Å². The monoisotopic (exact) mass is 354 g/mol. The van der Waals surface area contributed by atoms with Gasteiger partial charge in [0.2, 0.25) is 0 Å². The maximum absolute atomic E-state index is 5.34. The highest BCUT2D eigenvalue weighted by molar-refractivity contribution is 9.10. The van der Waals surface area contributed by atoms with E-state index in [-0.39, 0.29) is 0 Å². The SMILES string of the molecule is COc1cc(Br)c(/C=N\N2[C@H](C)CCC[C@@H]2C)cc1OC. The Bertz CT molecular complexity index is 509. The molecule has 5 heteroatoms. The van der Waals surface area contributed by atoms with E-state index in [4.69, 9.17) is 9.47 Å². The molecule has 1 aliphatic heterocycles. The normalized spacial score (nSPS) is 22.6. The minimum Gasteiger partial charge on any atom is -0.493 e. The lowest BCUT2D eigenvalue weighted by molar-refractivity contribution is 0.109. The van der Waals surface area contributed by atoms with Gasteiger partial charge in [-0.1, -0.05) is 0 Å². The van der Waals surface area contributed by atoms with Crippen molar-refractivity contribution in [2.75, 3.05) is 14.2 Å². The lowest BCUT2D eigenvalue weighted by atomic mass is 10.00. The van der Waals surface area contributed by atoms with E-state index in [0.717, 1.165) is 10.0 Å². The zero-order valence-corrected chi connectivity index (χ0v) is 14.7. The standard InChI is InChI=1S/C16H23BrN2O2/c1-11-6-5-7-12(2)19(11)18-10-13-8-15(20-3)16(21-4)9-14(13)17/h8-12H,5-7H2,1-4H3/b18-10-/t11-,12+. The van der Waals surface area contributed by atoms with Gasteiger partial charge in [0.1, 0.15) is 0 Å². The van der Waals surface area contributed by atoms with E-state index >= 15 is 0 Å². The number of hydrogen-bond acceptors (Lipinski definition) is 4. The van der Waals surface area contributed by atoms with Crippen molar-refractivity contribution >= 4 is 22.1 Å². The van der Waals surface area contributed by atoms with E-state index in [1.165, 1.54) is 19.3 Å². The molecule has 0 radical (unpaired) electrons. The van der Waals surface area contributed by atoms with Gasteiger partial charge in [-0.3, -0.25) is 5.01 Å². The molecule has 0 unspecified atom stereocenters. The van der Waals surface area contributed by atoms with Gasteiger partial charge in [0, 0.05) is 22.1 Å². The van der Waals surface area contributed by atoms with Crippen molar-refractivity contribution in [3.8, 4) is 11.5 Å². The van der Waals surface area contributed by atoms with Crippen molar-refractivity contribution in [1.29, 1.82) is 0 Å². The molecule has 0 bridgehead atoms. The molecule has 0 saturated carbocycles. The highest BCUT2D eigenvalue weighted by Gasteiger charge is 2.22. The van der Waals surface area contributed by atoms with Gasteiger partial charge in [0.25, 0.3) is 0 Å². The number of benzene rings is 1. The summed E-state index contributed by atoms with van der Waals surface area (Å²) in [5.41, 5.74) is 0.984. The van der Waals surface area contributed by atoms with E-state index in [1.807, 2.05) is 18.3 Å². The summed E-state index contributed by atoms with van der Waals surface area (Å²) in [5, 5.41) is 6.89. The van der Waals surface area contributed by atoms with Gasteiger partial charge in [-0.15, -0.1) is 0 Å². The average molecular weight is 355 g/mol. The first-order valence-corrected chi connectivity index (χ1v) is 8.10. The van der Waals surface area contributed by atoms with Crippen molar-refractivity contribution in [3.63, 3.8) is 0 Å². The quantitative estimate of drug-likeness (QED) is 0.764. The van der Waals surface area contributed by atoms with Crippen molar-refractivity contribution < 1.29 is 9.47 Å². The Morgan fingerprint density at radius 3 is 2.29 bits per heavy atom. The number of piperidine rings is 1. The first-order chi connectivity index (χ1) is 10.1. The summed E-state index contributed by atoms with van der Waals surface area (Å²) < 4.78 is 11.6. The highest BCUT2D eigenvalue weighted by Crippen LogP contribution is 2.32. The Kier molecular flexibility index (Phi) is 5.51. The molecule has 0 spiro atoms. The summed E-state index contributed by atoms with van der Waals surface area (Å²) in [6.45, 7) is 4.47. The Hall–Kier alpha value is -1.23. The molecule has 2 atom stereocenters. The maximum Gasteiger partial charge on any atom is 0.161 e. The second-order valence-electron chi connectivity index (χ2n) is 5.48. The second kappa shape index (κ2) is 7.16. The van der Waals surface area contributed by atoms with Gasteiger partial charge in [-0.05, 0) is 61.2 Å². The molecule has 1 aliphatic rings. The average Bonchev–Trinajstić information content (AvgIpc) is 2.47. The number of ether oxygens (including phenoxy) is 2. The van der Waals surface area contributed by atoms with Crippen molar-refractivity contribution in [2.45, 2.75) is 45.2 Å². The number of hydrogen-bond donors (Lipinski definition) is 0. The molecule has 0 aromatic heterocycles. The fourth-order valence-electron chi connectivity index (χ4n) is 2.73. The lowest BCUT2D eigenvalue weighted by Crippen LogP contribution is -2.39.